The fourth-order valence-electron chi connectivity index (χ4n) is 2.62. The van der Waals surface area contributed by atoms with Crippen molar-refractivity contribution in [3.63, 3.8) is 0 Å². The van der Waals surface area contributed by atoms with Crippen molar-refractivity contribution in [2.24, 2.45) is 0 Å². The Morgan fingerprint density at radius 3 is 2.00 bits per heavy atom. The number of methoxy groups -OCH3 is 1. The summed E-state index contributed by atoms with van der Waals surface area (Å²) in [6.45, 7) is 3.51. The Labute approximate surface area is 173 Å². The van der Waals surface area contributed by atoms with Gasteiger partial charge in [-0.2, -0.15) is 0 Å². The first-order valence-corrected chi connectivity index (χ1v) is 12.6. The predicted octanol–water partition coefficient (Wildman–Crippen LogP) is 2.94. The van der Waals surface area contributed by atoms with Crippen LogP contribution in [-0.4, -0.2) is 42.1 Å². The normalized spacial score (nSPS) is 13.1. The molecule has 0 aliphatic heterocycles. The molecule has 7 nitrogen and oxygen atoms in total. The molecule has 0 saturated carbocycles. The summed E-state index contributed by atoms with van der Waals surface area (Å²) in [7, 11) is -5.27. The van der Waals surface area contributed by atoms with Crippen molar-refractivity contribution >= 4 is 19.9 Å². The molecule has 0 bridgehead atoms. The molecule has 0 aliphatic carbocycles. The number of nitrogens with one attached hydrogen (secondary N) is 1. The van der Waals surface area contributed by atoms with E-state index in [4.69, 9.17) is 9.47 Å². The van der Waals surface area contributed by atoms with Gasteiger partial charge in [0.25, 0.3) is 0 Å². The van der Waals surface area contributed by atoms with E-state index in [1.807, 2.05) is 19.1 Å². The van der Waals surface area contributed by atoms with Crippen LogP contribution in [0.5, 0.6) is 11.5 Å². The van der Waals surface area contributed by atoms with Gasteiger partial charge in [0, 0.05) is 11.8 Å². The van der Waals surface area contributed by atoms with E-state index >= 15 is 0 Å². The summed E-state index contributed by atoms with van der Waals surface area (Å²) in [6.07, 6.45) is 0.582. The fraction of sp³-hybridized carbons (Fsp3) is 0.400. The summed E-state index contributed by atoms with van der Waals surface area (Å²) in [5, 5.41) is 0. The van der Waals surface area contributed by atoms with Gasteiger partial charge < -0.3 is 9.47 Å². The standard InChI is InChI=1S/C20H27NO6S2/c1-4-20(16-6-8-17(26-3)9-7-16)21-29(24,25)19-12-10-18(11-13-19)27-14-15-28(22,23)5-2/h6-13,20-21H,4-5,14-15H2,1-3H3. The maximum absolute atomic E-state index is 12.7. The zero-order valence-corrected chi connectivity index (χ0v) is 18.4. The molecule has 1 N–H and O–H groups in total. The Morgan fingerprint density at radius 2 is 1.48 bits per heavy atom. The first kappa shape index (κ1) is 23.2. The summed E-state index contributed by atoms with van der Waals surface area (Å²) in [4.78, 5) is 0.109. The second kappa shape index (κ2) is 10.1. The van der Waals surface area contributed by atoms with E-state index in [2.05, 4.69) is 4.72 Å². The van der Waals surface area contributed by atoms with Crippen molar-refractivity contribution in [1.29, 1.82) is 0 Å². The Kier molecular flexibility index (Phi) is 8.06. The minimum Gasteiger partial charge on any atom is -0.497 e. The minimum absolute atomic E-state index is 0.0237. The first-order chi connectivity index (χ1) is 13.7. The van der Waals surface area contributed by atoms with Crippen LogP contribution in [0.1, 0.15) is 31.9 Å². The molecule has 1 unspecified atom stereocenters. The Hall–Kier alpha value is -2.10. The summed E-state index contributed by atoms with van der Waals surface area (Å²) in [6, 6.07) is 12.8. The Balaban J connectivity index is 2.05. The number of sulfone groups is 1. The van der Waals surface area contributed by atoms with Gasteiger partial charge in [0.05, 0.1) is 17.8 Å². The zero-order chi connectivity index (χ0) is 21.5. The van der Waals surface area contributed by atoms with Crippen molar-refractivity contribution in [3.05, 3.63) is 54.1 Å². The van der Waals surface area contributed by atoms with E-state index in [9.17, 15) is 16.8 Å². The van der Waals surface area contributed by atoms with E-state index in [1.165, 1.54) is 24.3 Å². The number of ether oxygens (including phenoxy) is 2. The highest BCUT2D eigenvalue weighted by atomic mass is 32.2. The molecule has 1 atom stereocenters. The molecular formula is C20H27NO6S2. The van der Waals surface area contributed by atoms with Gasteiger partial charge in [-0.25, -0.2) is 21.6 Å². The SMILES string of the molecule is CCC(NS(=O)(=O)c1ccc(OCCS(=O)(=O)CC)cc1)c1ccc(OC)cc1. The molecule has 0 aliphatic rings. The molecule has 0 spiro atoms. The van der Waals surface area contributed by atoms with Crippen LogP contribution < -0.4 is 14.2 Å². The molecule has 0 aromatic heterocycles. The van der Waals surface area contributed by atoms with E-state index in [1.54, 1.807) is 26.2 Å². The van der Waals surface area contributed by atoms with Gasteiger partial charge in [-0.3, -0.25) is 0 Å². The van der Waals surface area contributed by atoms with Crippen LogP contribution in [0.15, 0.2) is 53.4 Å². The monoisotopic (exact) mass is 441 g/mol. The zero-order valence-electron chi connectivity index (χ0n) is 16.8. The second-order valence-corrected chi connectivity index (χ2v) is 10.6. The lowest BCUT2D eigenvalue weighted by Gasteiger charge is -2.18. The van der Waals surface area contributed by atoms with Gasteiger partial charge in [-0.1, -0.05) is 26.0 Å². The largest absolute Gasteiger partial charge is 0.497 e. The number of hydrogen-bond acceptors (Lipinski definition) is 6. The molecule has 2 aromatic rings. The lowest BCUT2D eigenvalue weighted by atomic mass is 10.1. The second-order valence-electron chi connectivity index (χ2n) is 6.41. The lowest BCUT2D eigenvalue weighted by Crippen LogP contribution is -2.28. The number of rotatable bonds is 11. The van der Waals surface area contributed by atoms with Crippen LogP contribution >= 0.6 is 0 Å². The van der Waals surface area contributed by atoms with E-state index in [0.29, 0.717) is 17.9 Å². The average Bonchev–Trinajstić information content (AvgIpc) is 2.72. The van der Waals surface area contributed by atoms with Crippen LogP contribution in [0.2, 0.25) is 0 Å². The van der Waals surface area contributed by atoms with Gasteiger partial charge in [0.2, 0.25) is 10.0 Å². The molecule has 0 amide bonds. The maximum Gasteiger partial charge on any atom is 0.241 e. The van der Waals surface area contributed by atoms with E-state index < -0.39 is 19.9 Å². The molecule has 29 heavy (non-hydrogen) atoms. The van der Waals surface area contributed by atoms with Gasteiger partial charge >= 0.3 is 0 Å². The molecule has 2 aromatic carbocycles. The van der Waals surface area contributed by atoms with Gasteiger partial charge in [-0.05, 0) is 48.4 Å². The summed E-state index contributed by atoms with van der Waals surface area (Å²) < 4.78 is 61.7. The molecule has 0 saturated heterocycles. The van der Waals surface area contributed by atoms with Crippen molar-refractivity contribution in [1.82, 2.24) is 4.72 Å². The third-order valence-electron chi connectivity index (χ3n) is 4.46. The first-order valence-electron chi connectivity index (χ1n) is 9.30. The topological polar surface area (TPSA) is 98.8 Å². The van der Waals surface area contributed by atoms with Crippen LogP contribution in [0, 0.1) is 0 Å². The van der Waals surface area contributed by atoms with Crippen LogP contribution in [0.3, 0.4) is 0 Å². The highest BCUT2D eigenvalue weighted by Crippen LogP contribution is 2.23. The Morgan fingerprint density at radius 1 is 0.897 bits per heavy atom. The lowest BCUT2D eigenvalue weighted by molar-refractivity contribution is 0.340. The van der Waals surface area contributed by atoms with Crippen LogP contribution in [0.4, 0.5) is 0 Å². The summed E-state index contributed by atoms with van der Waals surface area (Å²) in [5.74, 6) is 1.10. The fourth-order valence-corrected chi connectivity index (χ4v) is 4.56. The minimum atomic E-state index is -3.73. The summed E-state index contributed by atoms with van der Waals surface area (Å²) in [5.41, 5.74) is 0.842. The maximum atomic E-state index is 12.7. The molecule has 2 rings (SSSR count). The quantitative estimate of drug-likeness (QED) is 0.576. The highest BCUT2D eigenvalue weighted by molar-refractivity contribution is 7.91. The van der Waals surface area contributed by atoms with E-state index in [-0.39, 0.29) is 29.0 Å². The number of benzene rings is 2. The highest BCUT2D eigenvalue weighted by Gasteiger charge is 2.20. The van der Waals surface area contributed by atoms with Gasteiger partial charge in [0.1, 0.15) is 18.1 Å². The van der Waals surface area contributed by atoms with Crippen LogP contribution in [-0.2, 0) is 19.9 Å². The molecule has 9 heteroatoms. The molecule has 0 fully saturated rings. The average molecular weight is 442 g/mol. The van der Waals surface area contributed by atoms with E-state index in [0.717, 1.165) is 5.56 Å². The smallest absolute Gasteiger partial charge is 0.241 e. The predicted molar refractivity (Wildman–Crippen MR) is 113 cm³/mol. The molecule has 160 valence electrons. The molecule has 0 radical (unpaired) electrons. The van der Waals surface area contributed by atoms with Crippen molar-refractivity contribution in [2.75, 3.05) is 25.2 Å². The number of hydrogen-bond donors (Lipinski definition) is 1. The van der Waals surface area contributed by atoms with Gasteiger partial charge in [0.15, 0.2) is 9.84 Å². The van der Waals surface area contributed by atoms with Crippen molar-refractivity contribution in [2.45, 2.75) is 31.2 Å². The van der Waals surface area contributed by atoms with Crippen LogP contribution in [0.25, 0.3) is 0 Å². The molecule has 0 heterocycles. The summed E-state index contributed by atoms with van der Waals surface area (Å²) >= 11 is 0. The number of sulfonamides is 1. The third kappa shape index (κ3) is 6.73. The van der Waals surface area contributed by atoms with Crippen molar-refractivity contribution < 1.29 is 26.3 Å². The van der Waals surface area contributed by atoms with Crippen molar-refractivity contribution in [3.8, 4) is 11.5 Å². The van der Waals surface area contributed by atoms with Gasteiger partial charge in [-0.15, -0.1) is 0 Å². The Bertz CT molecular complexity index is 984. The third-order valence-corrected chi connectivity index (χ3v) is 7.62. The molecular weight excluding hydrogens is 414 g/mol.